The van der Waals surface area contributed by atoms with E-state index in [1.807, 2.05) is 0 Å². The molecule has 1 saturated carbocycles. The van der Waals surface area contributed by atoms with Gasteiger partial charge in [-0.05, 0) is 31.4 Å². The number of nitrogens with zero attached hydrogens (tertiary/aromatic N) is 1. The minimum absolute atomic E-state index is 0.901. The average molecular weight is 189 g/mol. The maximum atomic E-state index is 4.57. The summed E-state index contributed by atoms with van der Waals surface area (Å²) < 4.78 is 0. The molecule has 14 heavy (non-hydrogen) atoms. The lowest BCUT2D eigenvalue weighted by Crippen LogP contribution is -2.10. The fourth-order valence-electron chi connectivity index (χ4n) is 2.40. The summed E-state index contributed by atoms with van der Waals surface area (Å²) >= 11 is 0. The molecule has 1 heterocycles. The Kier molecular flexibility index (Phi) is 3.18. The molecule has 2 rings (SSSR count). The smallest absolute Gasteiger partial charge is 0.0409 e. The van der Waals surface area contributed by atoms with Crippen molar-refractivity contribution in [3.63, 3.8) is 0 Å². The second-order valence-corrected chi connectivity index (χ2v) is 4.48. The zero-order chi connectivity index (χ0) is 9.80. The number of aryl methyl sites for hydroxylation is 1. The van der Waals surface area contributed by atoms with Crippen LogP contribution in [0.4, 0.5) is 0 Å². The molecule has 1 aromatic heterocycles. The van der Waals surface area contributed by atoms with E-state index in [9.17, 15) is 0 Å². The highest BCUT2D eigenvalue weighted by molar-refractivity contribution is 5.10. The van der Waals surface area contributed by atoms with E-state index >= 15 is 0 Å². The summed E-state index contributed by atoms with van der Waals surface area (Å²) in [5.41, 5.74) is 2.44. The van der Waals surface area contributed by atoms with E-state index in [1.54, 1.807) is 0 Å². The quantitative estimate of drug-likeness (QED) is 0.693. The lowest BCUT2D eigenvalue weighted by molar-refractivity contribution is 0.354. The van der Waals surface area contributed by atoms with Gasteiger partial charge in [0.15, 0.2) is 0 Å². The van der Waals surface area contributed by atoms with Crippen molar-refractivity contribution in [2.75, 3.05) is 0 Å². The highest BCUT2D eigenvalue weighted by Crippen LogP contribution is 2.26. The number of hydrogen-bond donors (Lipinski definition) is 0. The standard InChI is InChI=1S/C13H19N/c1-11-6-5-9-13(14-11)10-12-7-3-2-4-8-12/h5-6,9,12H,2-4,7-8,10H2,1H3. The average Bonchev–Trinajstić information content (AvgIpc) is 2.19. The maximum absolute atomic E-state index is 4.57. The van der Waals surface area contributed by atoms with E-state index in [4.69, 9.17) is 0 Å². The molecule has 0 amide bonds. The highest BCUT2D eigenvalue weighted by Gasteiger charge is 2.14. The Morgan fingerprint density at radius 2 is 2.00 bits per heavy atom. The molecule has 1 fully saturated rings. The molecule has 0 aliphatic heterocycles. The Bertz CT molecular complexity index is 287. The molecule has 76 valence electrons. The van der Waals surface area contributed by atoms with Gasteiger partial charge < -0.3 is 0 Å². The summed E-state index contributed by atoms with van der Waals surface area (Å²) in [6.07, 6.45) is 8.32. The van der Waals surface area contributed by atoms with Crippen LogP contribution in [-0.4, -0.2) is 4.98 Å². The minimum atomic E-state index is 0.901. The third-order valence-electron chi connectivity index (χ3n) is 3.17. The molecule has 1 heteroatoms. The summed E-state index contributed by atoms with van der Waals surface area (Å²) in [7, 11) is 0. The Hall–Kier alpha value is -0.850. The Morgan fingerprint density at radius 3 is 2.71 bits per heavy atom. The first-order chi connectivity index (χ1) is 6.84. The first-order valence-electron chi connectivity index (χ1n) is 5.77. The maximum Gasteiger partial charge on any atom is 0.0409 e. The topological polar surface area (TPSA) is 12.9 Å². The molecule has 0 bridgehead atoms. The van der Waals surface area contributed by atoms with E-state index in [0.717, 1.165) is 11.6 Å². The van der Waals surface area contributed by atoms with E-state index in [0.29, 0.717) is 0 Å². The molecule has 0 spiro atoms. The molecule has 0 N–H and O–H groups in total. The van der Waals surface area contributed by atoms with Crippen molar-refractivity contribution < 1.29 is 0 Å². The third-order valence-corrected chi connectivity index (χ3v) is 3.17. The molecular weight excluding hydrogens is 170 g/mol. The highest BCUT2D eigenvalue weighted by atomic mass is 14.7. The summed E-state index contributed by atoms with van der Waals surface area (Å²) in [6, 6.07) is 6.37. The van der Waals surface area contributed by atoms with Crippen molar-refractivity contribution in [1.82, 2.24) is 4.98 Å². The van der Waals surface area contributed by atoms with Gasteiger partial charge in [0.05, 0.1) is 0 Å². The fraction of sp³-hybridized carbons (Fsp3) is 0.615. The Labute approximate surface area is 86.6 Å². The van der Waals surface area contributed by atoms with Gasteiger partial charge in [0.25, 0.3) is 0 Å². The largest absolute Gasteiger partial charge is 0.258 e. The van der Waals surface area contributed by atoms with Crippen LogP contribution in [0, 0.1) is 12.8 Å². The van der Waals surface area contributed by atoms with Gasteiger partial charge in [-0.2, -0.15) is 0 Å². The third kappa shape index (κ3) is 2.57. The van der Waals surface area contributed by atoms with Crippen LogP contribution in [0.1, 0.15) is 43.5 Å². The van der Waals surface area contributed by atoms with Crippen molar-refractivity contribution in [2.45, 2.75) is 45.4 Å². The van der Waals surface area contributed by atoms with Gasteiger partial charge in [-0.15, -0.1) is 0 Å². The van der Waals surface area contributed by atoms with Crippen LogP contribution >= 0.6 is 0 Å². The lowest BCUT2D eigenvalue weighted by atomic mass is 9.86. The summed E-state index contributed by atoms with van der Waals surface area (Å²) in [6.45, 7) is 2.07. The SMILES string of the molecule is Cc1cccc(CC2CCCCC2)n1. The van der Waals surface area contributed by atoms with Gasteiger partial charge in [-0.1, -0.05) is 38.2 Å². The van der Waals surface area contributed by atoms with Crippen LogP contribution in [-0.2, 0) is 6.42 Å². The molecule has 1 aromatic rings. The van der Waals surface area contributed by atoms with Crippen molar-refractivity contribution in [3.05, 3.63) is 29.6 Å². The molecular formula is C13H19N. The summed E-state index contributed by atoms with van der Waals surface area (Å²) in [5.74, 6) is 0.901. The summed E-state index contributed by atoms with van der Waals surface area (Å²) in [4.78, 5) is 4.57. The van der Waals surface area contributed by atoms with Crippen LogP contribution in [0.3, 0.4) is 0 Å². The van der Waals surface area contributed by atoms with Crippen molar-refractivity contribution in [1.29, 1.82) is 0 Å². The summed E-state index contributed by atoms with van der Waals surface area (Å²) in [5, 5.41) is 0. The molecule has 1 aliphatic rings. The van der Waals surface area contributed by atoms with Crippen molar-refractivity contribution >= 4 is 0 Å². The van der Waals surface area contributed by atoms with Gasteiger partial charge >= 0.3 is 0 Å². The number of pyridine rings is 1. The predicted octanol–water partition coefficient (Wildman–Crippen LogP) is 3.51. The normalized spacial score (nSPS) is 18.4. The number of hydrogen-bond acceptors (Lipinski definition) is 1. The Morgan fingerprint density at radius 1 is 1.21 bits per heavy atom. The minimum Gasteiger partial charge on any atom is -0.258 e. The predicted molar refractivity (Wildman–Crippen MR) is 59.3 cm³/mol. The van der Waals surface area contributed by atoms with E-state index in [2.05, 4.69) is 30.1 Å². The fourth-order valence-corrected chi connectivity index (χ4v) is 2.40. The lowest BCUT2D eigenvalue weighted by Gasteiger charge is -2.21. The monoisotopic (exact) mass is 189 g/mol. The first kappa shape index (κ1) is 9.70. The number of rotatable bonds is 2. The second kappa shape index (κ2) is 4.59. The second-order valence-electron chi connectivity index (χ2n) is 4.48. The van der Waals surface area contributed by atoms with E-state index in [1.165, 1.54) is 44.2 Å². The van der Waals surface area contributed by atoms with Gasteiger partial charge in [-0.25, -0.2) is 0 Å². The van der Waals surface area contributed by atoms with Gasteiger partial charge in [0, 0.05) is 11.4 Å². The van der Waals surface area contributed by atoms with Gasteiger partial charge in [0.2, 0.25) is 0 Å². The zero-order valence-corrected chi connectivity index (χ0v) is 9.00. The zero-order valence-electron chi connectivity index (χ0n) is 9.00. The van der Waals surface area contributed by atoms with Crippen molar-refractivity contribution in [2.24, 2.45) is 5.92 Å². The molecule has 0 radical (unpaired) electrons. The molecule has 1 nitrogen and oxygen atoms in total. The van der Waals surface area contributed by atoms with E-state index in [-0.39, 0.29) is 0 Å². The van der Waals surface area contributed by atoms with Crippen LogP contribution in [0.2, 0.25) is 0 Å². The van der Waals surface area contributed by atoms with Gasteiger partial charge in [-0.3, -0.25) is 4.98 Å². The van der Waals surface area contributed by atoms with E-state index < -0.39 is 0 Å². The van der Waals surface area contributed by atoms with Crippen LogP contribution in [0.5, 0.6) is 0 Å². The molecule has 0 saturated heterocycles. The van der Waals surface area contributed by atoms with Crippen LogP contribution in [0.15, 0.2) is 18.2 Å². The molecule has 0 aromatic carbocycles. The molecule has 1 aliphatic carbocycles. The van der Waals surface area contributed by atoms with Crippen molar-refractivity contribution in [3.8, 4) is 0 Å². The van der Waals surface area contributed by atoms with Gasteiger partial charge in [0.1, 0.15) is 0 Å². The van der Waals surface area contributed by atoms with Crippen LogP contribution < -0.4 is 0 Å². The molecule has 0 unspecified atom stereocenters. The van der Waals surface area contributed by atoms with Crippen LogP contribution in [0.25, 0.3) is 0 Å². The first-order valence-corrected chi connectivity index (χ1v) is 5.77. The molecule has 0 atom stereocenters. The number of aromatic nitrogens is 1. The Balaban J connectivity index is 1.95.